The number of aromatic nitrogens is 3. The summed E-state index contributed by atoms with van der Waals surface area (Å²) in [6, 6.07) is 4.53. The van der Waals surface area contributed by atoms with Crippen LogP contribution >= 0.6 is 0 Å². The molecule has 2 aromatic rings. The molecule has 2 aliphatic rings. The van der Waals surface area contributed by atoms with Crippen LogP contribution in [-0.4, -0.2) is 53.7 Å². The third-order valence-corrected chi connectivity index (χ3v) is 7.04. The number of allylic oxidation sites excluding steroid dienone is 1. The number of amides is 1. The Morgan fingerprint density at radius 2 is 2.13 bits per heavy atom. The first-order valence-corrected chi connectivity index (χ1v) is 11.7. The summed E-state index contributed by atoms with van der Waals surface area (Å²) < 4.78 is 45.1. The maximum atomic E-state index is 14.8. The summed E-state index contributed by atoms with van der Waals surface area (Å²) in [5.41, 5.74) is 3.27. The minimum absolute atomic E-state index is 0.0155. The van der Waals surface area contributed by atoms with E-state index >= 15 is 0 Å². The predicted octanol–water partition coefficient (Wildman–Crippen LogP) is 2.52. The molecular formula is C20H23FN4O4S. The monoisotopic (exact) mass is 434 g/mol. The number of aryl methyl sites for hydroxylation is 1. The van der Waals surface area contributed by atoms with Crippen LogP contribution in [0, 0.1) is 12.7 Å². The molecule has 1 atom stereocenters. The highest BCUT2D eigenvalue weighted by Gasteiger charge is 2.33. The van der Waals surface area contributed by atoms with Crippen LogP contribution in [0.3, 0.4) is 0 Å². The summed E-state index contributed by atoms with van der Waals surface area (Å²) in [5.74, 6) is -0.554. The van der Waals surface area contributed by atoms with Gasteiger partial charge in [-0.25, -0.2) is 22.3 Å². The molecule has 0 radical (unpaired) electrons. The number of carbonyl (C=O) groups is 1. The largest absolute Gasteiger partial charge is 0.442 e. The van der Waals surface area contributed by atoms with Crippen molar-refractivity contribution in [2.45, 2.75) is 39.3 Å². The van der Waals surface area contributed by atoms with Gasteiger partial charge in [0, 0.05) is 5.56 Å². The number of nitrogens with zero attached hydrogens (tertiary/aromatic N) is 4. The number of hydrogen-bond acceptors (Lipinski definition) is 6. The normalized spacial score (nSPS) is 20.9. The zero-order valence-electron chi connectivity index (χ0n) is 16.8. The topological polar surface area (TPSA) is 94.4 Å². The number of hydrogen-bond donors (Lipinski definition) is 0. The van der Waals surface area contributed by atoms with Crippen molar-refractivity contribution in [2.24, 2.45) is 0 Å². The quantitative estimate of drug-likeness (QED) is 0.718. The van der Waals surface area contributed by atoms with Crippen LogP contribution in [0.2, 0.25) is 0 Å². The van der Waals surface area contributed by atoms with Crippen molar-refractivity contribution in [1.82, 2.24) is 15.0 Å². The highest BCUT2D eigenvalue weighted by molar-refractivity contribution is 7.91. The number of rotatable bonds is 5. The molecule has 30 heavy (non-hydrogen) atoms. The van der Waals surface area contributed by atoms with Gasteiger partial charge >= 0.3 is 6.09 Å². The minimum Gasteiger partial charge on any atom is -0.442 e. The number of benzene rings is 1. The van der Waals surface area contributed by atoms with Gasteiger partial charge in [-0.3, -0.25) is 4.90 Å². The molecule has 0 bridgehead atoms. The third-order valence-electron chi connectivity index (χ3n) is 5.54. The molecule has 1 saturated heterocycles. The second kappa shape index (κ2) is 7.82. The first-order valence-electron chi connectivity index (χ1n) is 9.84. The Hall–Kier alpha value is -2.75. The van der Waals surface area contributed by atoms with Gasteiger partial charge in [0.1, 0.15) is 11.9 Å². The molecule has 1 fully saturated rings. The summed E-state index contributed by atoms with van der Waals surface area (Å²) in [5, 5.41) is 8.22. The molecule has 8 nitrogen and oxygen atoms in total. The van der Waals surface area contributed by atoms with Gasteiger partial charge in [-0.15, -0.1) is 5.10 Å². The molecule has 160 valence electrons. The lowest BCUT2D eigenvalue weighted by Crippen LogP contribution is -2.26. The average Bonchev–Trinajstić information content (AvgIpc) is 3.24. The number of ether oxygens (including phenoxy) is 1. The summed E-state index contributed by atoms with van der Waals surface area (Å²) in [6.07, 6.45) is 1.65. The maximum absolute atomic E-state index is 14.8. The van der Waals surface area contributed by atoms with E-state index in [1.54, 1.807) is 22.9 Å². The van der Waals surface area contributed by atoms with Crippen LogP contribution in [0.1, 0.15) is 30.3 Å². The van der Waals surface area contributed by atoms with Crippen molar-refractivity contribution in [3.63, 3.8) is 0 Å². The van der Waals surface area contributed by atoms with Crippen molar-refractivity contribution < 1.29 is 22.3 Å². The van der Waals surface area contributed by atoms with Crippen molar-refractivity contribution in [3.8, 4) is 0 Å². The van der Waals surface area contributed by atoms with Gasteiger partial charge < -0.3 is 4.74 Å². The van der Waals surface area contributed by atoms with Crippen LogP contribution in [-0.2, 0) is 27.5 Å². The molecule has 2 aliphatic heterocycles. The Kier molecular flexibility index (Phi) is 5.35. The lowest BCUT2D eigenvalue weighted by atomic mass is 10.0. The van der Waals surface area contributed by atoms with E-state index in [-0.39, 0.29) is 24.5 Å². The van der Waals surface area contributed by atoms with Crippen LogP contribution in [0.25, 0.3) is 5.57 Å². The Labute approximate surface area is 174 Å². The zero-order chi connectivity index (χ0) is 21.5. The number of halogens is 1. The maximum Gasteiger partial charge on any atom is 0.414 e. The fourth-order valence-corrected chi connectivity index (χ4v) is 4.92. The molecule has 1 amide bonds. The van der Waals surface area contributed by atoms with Gasteiger partial charge in [-0.2, -0.15) is 0 Å². The standard InChI is InChI=1S/C20H23FN4O4S/c1-3-19-13(2)25(23-22-19)12-16-11-24(20(26)29-16)15-4-5-17(18(21)10-15)14-6-8-30(27,28)9-7-14/h4-6,10,16H,3,7-9,11-12H2,1-2H3/t16-/m1/s1. The summed E-state index contributed by atoms with van der Waals surface area (Å²) in [7, 11) is -3.08. The Balaban J connectivity index is 1.49. The molecule has 0 unspecified atom stereocenters. The summed E-state index contributed by atoms with van der Waals surface area (Å²) in [6.45, 7) is 4.58. The molecule has 10 heteroatoms. The molecule has 3 heterocycles. The highest BCUT2D eigenvalue weighted by atomic mass is 32.2. The van der Waals surface area contributed by atoms with Gasteiger partial charge in [-0.05, 0) is 43.5 Å². The van der Waals surface area contributed by atoms with Crippen LogP contribution < -0.4 is 4.90 Å². The Morgan fingerprint density at radius 1 is 1.33 bits per heavy atom. The van der Waals surface area contributed by atoms with E-state index in [1.165, 1.54) is 11.0 Å². The first-order chi connectivity index (χ1) is 14.3. The van der Waals surface area contributed by atoms with Gasteiger partial charge in [0.05, 0.1) is 41.7 Å². The third kappa shape index (κ3) is 3.96. The fraction of sp³-hybridized carbons (Fsp3) is 0.450. The molecule has 1 aromatic heterocycles. The average molecular weight is 434 g/mol. The number of sulfone groups is 1. The molecule has 0 aliphatic carbocycles. The molecule has 1 aromatic carbocycles. The van der Waals surface area contributed by atoms with Crippen molar-refractivity contribution >= 4 is 27.2 Å². The summed E-state index contributed by atoms with van der Waals surface area (Å²) >= 11 is 0. The van der Waals surface area contributed by atoms with E-state index in [2.05, 4.69) is 10.3 Å². The van der Waals surface area contributed by atoms with E-state index in [0.717, 1.165) is 17.8 Å². The second-order valence-corrected chi connectivity index (χ2v) is 9.76. The van der Waals surface area contributed by atoms with Crippen LogP contribution in [0.4, 0.5) is 14.9 Å². The smallest absolute Gasteiger partial charge is 0.414 e. The first kappa shape index (κ1) is 20.5. The molecule has 4 rings (SSSR count). The Bertz CT molecular complexity index is 1130. The van der Waals surface area contributed by atoms with Crippen LogP contribution in [0.15, 0.2) is 24.3 Å². The lowest BCUT2D eigenvalue weighted by Gasteiger charge is -2.17. The van der Waals surface area contributed by atoms with Crippen molar-refractivity contribution in [1.29, 1.82) is 0 Å². The minimum atomic E-state index is -3.08. The van der Waals surface area contributed by atoms with Crippen molar-refractivity contribution in [2.75, 3.05) is 23.0 Å². The highest BCUT2D eigenvalue weighted by Crippen LogP contribution is 2.30. The molecule has 0 spiro atoms. The van der Waals surface area contributed by atoms with Gasteiger partial charge in [0.25, 0.3) is 0 Å². The summed E-state index contributed by atoms with van der Waals surface area (Å²) in [4.78, 5) is 13.7. The zero-order valence-corrected chi connectivity index (χ0v) is 17.7. The SMILES string of the molecule is CCc1nnn(C[C@H]2CN(c3ccc(C4=CCS(=O)(=O)CC4)c(F)c3)C(=O)O2)c1C. The predicted molar refractivity (Wildman–Crippen MR) is 109 cm³/mol. The van der Waals surface area contributed by atoms with Crippen LogP contribution in [0.5, 0.6) is 0 Å². The van der Waals surface area contributed by atoms with E-state index in [1.807, 2.05) is 13.8 Å². The molecule has 0 N–H and O–H groups in total. The van der Waals surface area contributed by atoms with E-state index < -0.39 is 27.9 Å². The lowest BCUT2D eigenvalue weighted by molar-refractivity contribution is 0.128. The number of carbonyl (C=O) groups excluding carboxylic acids is 1. The van der Waals surface area contributed by atoms with Gasteiger partial charge in [0.15, 0.2) is 9.84 Å². The van der Waals surface area contributed by atoms with Gasteiger partial charge in [-0.1, -0.05) is 18.2 Å². The van der Waals surface area contributed by atoms with Gasteiger partial charge in [0.2, 0.25) is 0 Å². The van der Waals surface area contributed by atoms with Crippen molar-refractivity contribution in [3.05, 3.63) is 47.0 Å². The fourth-order valence-electron chi connectivity index (χ4n) is 3.77. The second-order valence-electron chi connectivity index (χ2n) is 7.53. The van der Waals surface area contributed by atoms with E-state index in [9.17, 15) is 17.6 Å². The number of cyclic esters (lactones) is 1. The Morgan fingerprint density at radius 3 is 2.77 bits per heavy atom. The van der Waals surface area contributed by atoms with E-state index in [4.69, 9.17) is 4.74 Å². The molecular weight excluding hydrogens is 411 g/mol. The molecule has 0 saturated carbocycles. The number of anilines is 1. The van der Waals surface area contributed by atoms with E-state index in [0.29, 0.717) is 23.4 Å².